The molecule has 0 aliphatic heterocycles. The van der Waals surface area contributed by atoms with E-state index in [1.54, 1.807) is 24.3 Å². The van der Waals surface area contributed by atoms with Crippen molar-refractivity contribution in [2.75, 3.05) is 6.54 Å². The summed E-state index contributed by atoms with van der Waals surface area (Å²) in [5.41, 5.74) is 5.73. The summed E-state index contributed by atoms with van der Waals surface area (Å²) in [6.45, 7) is 0.0683. The van der Waals surface area contributed by atoms with E-state index in [-0.39, 0.29) is 19.4 Å². The molecule has 0 radical (unpaired) electrons. The second-order valence-corrected chi connectivity index (χ2v) is 4.20. The Labute approximate surface area is 116 Å². The smallest absolute Gasteiger partial charge is 0.326 e. The molecular formula is C13H17N3O4. The number of carboxylic acids is 1. The van der Waals surface area contributed by atoms with Crippen LogP contribution in [-0.4, -0.2) is 35.6 Å². The number of rotatable bonds is 7. The molecule has 1 aromatic rings. The van der Waals surface area contributed by atoms with Gasteiger partial charge in [-0.15, -0.1) is 0 Å². The Balaban J connectivity index is 2.49. The topological polar surface area (TPSA) is 122 Å². The molecule has 1 aromatic carbocycles. The fourth-order valence-electron chi connectivity index (χ4n) is 1.56. The predicted molar refractivity (Wildman–Crippen MR) is 71.9 cm³/mol. The van der Waals surface area contributed by atoms with E-state index in [1.165, 1.54) is 0 Å². The molecule has 0 heterocycles. The molecule has 7 heteroatoms. The van der Waals surface area contributed by atoms with Crippen LogP contribution in [0, 0.1) is 0 Å². The average Bonchev–Trinajstić information content (AvgIpc) is 2.38. The van der Waals surface area contributed by atoms with Gasteiger partial charge >= 0.3 is 12.0 Å². The fraction of sp³-hybridized carbons (Fsp3) is 0.308. The first-order chi connectivity index (χ1) is 9.49. The highest BCUT2D eigenvalue weighted by molar-refractivity contribution is 5.83. The van der Waals surface area contributed by atoms with Gasteiger partial charge in [-0.3, -0.25) is 4.79 Å². The molecule has 0 saturated carbocycles. The second-order valence-electron chi connectivity index (χ2n) is 4.20. The first kappa shape index (κ1) is 15.5. The Kier molecular flexibility index (Phi) is 6.02. The highest BCUT2D eigenvalue weighted by atomic mass is 16.4. The number of amides is 3. The summed E-state index contributed by atoms with van der Waals surface area (Å²) >= 11 is 0. The molecule has 7 nitrogen and oxygen atoms in total. The Morgan fingerprint density at radius 2 is 1.85 bits per heavy atom. The van der Waals surface area contributed by atoms with E-state index in [2.05, 4.69) is 10.6 Å². The van der Waals surface area contributed by atoms with E-state index in [1.807, 2.05) is 6.07 Å². The molecule has 0 aliphatic carbocycles. The Morgan fingerprint density at radius 1 is 1.20 bits per heavy atom. The van der Waals surface area contributed by atoms with Gasteiger partial charge in [0.15, 0.2) is 0 Å². The van der Waals surface area contributed by atoms with E-state index in [0.717, 1.165) is 5.56 Å². The van der Waals surface area contributed by atoms with Gasteiger partial charge in [0.1, 0.15) is 6.04 Å². The van der Waals surface area contributed by atoms with Gasteiger partial charge < -0.3 is 21.5 Å². The van der Waals surface area contributed by atoms with E-state index in [4.69, 9.17) is 10.8 Å². The molecule has 108 valence electrons. The van der Waals surface area contributed by atoms with Gasteiger partial charge in [0, 0.05) is 19.4 Å². The number of carboxylic acid groups (broad SMARTS) is 1. The van der Waals surface area contributed by atoms with Gasteiger partial charge in [0.05, 0.1) is 0 Å². The fourth-order valence-corrected chi connectivity index (χ4v) is 1.56. The number of carbonyl (C=O) groups excluding carboxylic acids is 2. The van der Waals surface area contributed by atoms with Crippen molar-refractivity contribution in [3.8, 4) is 0 Å². The highest BCUT2D eigenvalue weighted by Crippen LogP contribution is 2.03. The van der Waals surface area contributed by atoms with Crippen LogP contribution in [-0.2, 0) is 16.0 Å². The van der Waals surface area contributed by atoms with Gasteiger partial charge in [-0.2, -0.15) is 0 Å². The van der Waals surface area contributed by atoms with Crippen molar-refractivity contribution >= 4 is 17.9 Å². The number of urea groups is 1. The second kappa shape index (κ2) is 7.78. The van der Waals surface area contributed by atoms with E-state index >= 15 is 0 Å². The van der Waals surface area contributed by atoms with E-state index in [9.17, 15) is 14.4 Å². The zero-order valence-electron chi connectivity index (χ0n) is 10.8. The Bertz CT molecular complexity index is 476. The lowest BCUT2D eigenvalue weighted by Gasteiger charge is -2.15. The molecule has 0 bridgehead atoms. The quantitative estimate of drug-likeness (QED) is 0.554. The van der Waals surface area contributed by atoms with Crippen LogP contribution in [0.5, 0.6) is 0 Å². The number of hydrogen-bond acceptors (Lipinski definition) is 3. The normalized spacial score (nSPS) is 11.4. The molecule has 0 saturated heterocycles. The van der Waals surface area contributed by atoms with Crippen LogP contribution in [0.25, 0.3) is 0 Å². The third-order valence-corrected chi connectivity index (χ3v) is 2.54. The third-order valence-electron chi connectivity index (χ3n) is 2.54. The first-order valence-electron chi connectivity index (χ1n) is 6.08. The minimum Gasteiger partial charge on any atom is -0.480 e. The number of benzene rings is 1. The van der Waals surface area contributed by atoms with Gasteiger partial charge in [0.2, 0.25) is 5.91 Å². The standard InChI is InChI=1S/C13H17N3O4/c14-11(17)6-7-15-13(20)16-10(12(18)19)8-9-4-2-1-3-5-9/h1-5,10H,6-8H2,(H2,14,17)(H,18,19)(H2,15,16,20)/t10-/m0/s1. The zero-order valence-corrected chi connectivity index (χ0v) is 10.8. The Morgan fingerprint density at radius 3 is 2.40 bits per heavy atom. The van der Waals surface area contributed by atoms with Crippen molar-refractivity contribution in [2.45, 2.75) is 18.9 Å². The lowest BCUT2D eigenvalue weighted by atomic mass is 10.1. The first-order valence-corrected chi connectivity index (χ1v) is 6.08. The van der Waals surface area contributed by atoms with Crippen LogP contribution in [0.3, 0.4) is 0 Å². The molecule has 1 rings (SSSR count). The van der Waals surface area contributed by atoms with Gasteiger partial charge in [-0.05, 0) is 5.56 Å². The van der Waals surface area contributed by atoms with Crippen molar-refractivity contribution in [3.63, 3.8) is 0 Å². The minimum absolute atomic E-state index is 0.00381. The Hall–Kier alpha value is -2.57. The van der Waals surface area contributed by atoms with Crippen molar-refractivity contribution < 1.29 is 19.5 Å². The van der Waals surface area contributed by atoms with Crippen molar-refractivity contribution in [1.29, 1.82) is 0 Å². The lowest BCUT2D eigenvalue weighted by molar-refractivity contribution is -0.139. The van der Waals surface area contributed by atoms with Crippen LogP contribution in [0.15, 0.2) is 30.3 Å². The summed E-state index contributed by atoms with van der Waals surface area (Å²) in [7, 11) is 0. The molecule has 0 spiro atoms. The maximum Gasteiger partial charge on any atom is 0.326 e. The number of primary amides is 1. The average molecular weight is 279 g/mol. The van der Waals surface area contributed by atoms with Crippen molar-refractivity contribution in [2.24, 2.45) is 5.73 Å². The SMILES string of the molecule is NC(=O)CCNC(=O)N[C@@H](Cc1ccccc1)C(=O)O. The molecule has 5 N–H and O–H groups in total. The van der Waals surface area contributed by atoms with Crippen LogP contribution >= 0.6 is 0 Å². The van der Waals surface area contributed by atoms with Crippen LogP contribution in [0.1, 0.15) is 12.0 Å². The maximum atomic E-state index is 11.5. The number of nitrogens with two attached hydrogens (primary N) is 1. The molecule has 20 heavy (non-hydrogen) atoms. The molecule has 0 aromatic heterocycles. The van der Waals surface area contributed by atoms with E-state index in [0.29, 0.717) is 0 Å². The summed E-state index contributed by atoms with van der Waals surface area (Å²) in [5, 5.41) is 13.8. The van der Waals surface area contributed by atoms with Gasteiger partial charge in [-0.1, -0.05) is 30.3 Å². The third kappa shape index (κ3) is 5.85. The summed E-state index contributed by atoms with van der Waals surface area (Å²) in [4.78, 5) is 33.1. The molecule has 0 aliphatic rings. The van der Waals surface area contributed by atoms with Gasteiger partial charge in [0.25, 0.3) is 0 Å². The monoisotopic (exact) mass is 279 g/mol. The zero-order chi connectivity index (χ0) is 15.0. The maximum absolute atomic E-state index is 11.5. The molecule has 1 atom stereocenters. The highest BCUT2D eigenvalue weighted by Gasteiger charge is 2.20. The molecular weight excluding hydrogens is 262 g/mol. The number of hydrogen-bond donors (Lipinski definition) is 4. The number of nitrogens with one attached hydrogen (secondary N) is 2. The van der Waals surface area contributed by atoms with Crippen molar-refractivity contribution in [1.82, 2.24) is 10.6 Å². The van der Waals surface area contributed by atoms with Gasteiger partial charge in [-0.25, -0.2) is 9.59 Å². The van der Waals surface area contributed by atoms with Crippen LogP contribution in [0.4, 0.5) is 4.79 Å². The number of aliphatic carboxylic acids is 1. The molecule has 3 amide bonds. The molecule has 0 fully saturated rings. The van der Waals surface area contributed by atoms with E-state index < -0.39 is 23.9 Å². The van der Waals surface area contributed by atoms with Crippen LogP contribution < -0.4 is 16.4 Å². The number of carbonyl (C=O) groups is 3. The summed E-state index contributed by atoms with van der Waals surface area (Å²) in [6, 6.07) is 7.29. The predicted octanol–water partition coefficient (Wildman–Crippen LogP) is -0.143. The minimum atomic E-state index is -1.13. The largest absolute Gasteiger partial charge is 0.480 e. The summed E-state index contributed by atoms with van der Waals surface area (Å²) < 4.78 is 0. The van der Waals surface area contributed by atoms with Crippen molar-refractivity contribution in [3.05, 3.63) is 35.9 Å². The lowest BCUT2D eigenvalue weighted by Crippen LogP contribution is -2.47. The summed E-state index contributed by atoms with van der Waals surface area (Å²) in [5.74, 6) is -1.66. The van der Waals surface area contributed by atoms with Crippen LogP contribution in [0.2, 0.25) is 0 Å². The summed E-state index contributed by atoms with van der Waals surface area (Å²) in [6.07, 6.45) is 0.184. The molecule has 0 unspecified atom stereocenters.